The zero-order valence-electron chi connectivity index (χ0n) is 21.6. The van der Waals surface area contributed by atoms with E-state index in [1.54, 1.807) is 30.3 Å². The molecular formula is C28H28BrIN4O5. The summed E-state index contributed by atoms with van der Waals surface area (Å²) in [5.41, 5.74) is 6.00. The summed E-state index contributed by atoms with van der Waals surface area (Å²) in [4.78, 5) is 36.9. The smallest absolute Gasteiger partial charge is 0.329 e. The maximum absolute atomic E-state index is 12.5. The molecule has 3 aromatic rings. The second kappa shape index (κ2) is 14.6. The molecule has 0 aromatic heterocycles. The van der Waals surface area contributed by atoms with E-state index in [0.717, 1.165) is 15.6 Å². The lowest BCUT2D eigenvalue weighted by atomic mass is 10.1. The third kappa shape index (κ3) is 8.79. The number of anilines is 2. The topological polar surface area (TPSA) is 118 Å². The number of benzene rings is 3. The van der Waals surface area contributed by atoms with Crippen LogP contribution >= 0.6 is 38.5 Å². The van der Waals surface area contributed by atoms with Gasteiger partial charge in [-0.15, -0.1) is 0 Å². The number of halogens is 2. The van der Waals surface area contributed by atoms with E-state index in [1.165, 1.54) is 6.21 Å². The van der Waals surface area contributed by atoms with Crippen LogP contribution in [0.5, 0.6) is 11.5 Å². The van der Waals surface area contributed by atoms with Crippen LogP contribution in [0.4, 0.5) is 11.4 Å². The predicted octanol–water partition coefficient (Wildman–Crippen LogP) is 5.43. The molecule has 0 radical (unpaired) electrons. The van der Waals surface area contributed by atoms with Crippen LogP contribution in [0, 0.1) is 10.5 Å². The number of nitrogens with one attached hydrogen (secondary N) is 3. The fraction of sp³-hybridized carbons (Fsp3) is 0.214. The van der Waals surface area contributed by atoms with Crippen molar-refractivity contribution in [1.29, 1.82) is 0 Å². The maximum Gasteiger partial charge on any atom is 0.329 e. The number of nitrogens with zero attached hydrogens (tertiary/aromatic N) is 1. The van der Waals surface area contributed by atoms with Gasteiger partial charge in [0.25, 0.3) is 5.91 Å². The van der Waals surface area contributed by atoms with E-state index >= 15 is 0 Å². The molecule has 0 unspecified atom stereocenters. The molecule has 0 heterocycles. The summed E-state index contributed by atoms with van der Waals surface area (Å²) < 4.78 is 13.1. The van der Waals surface area contributed by atoms with E-state index < -0.39 is 11.8 Å². The Hall–Kier alpha value is -3.45. The minimum absolute atomic E-state index is 0.217. The lowest BCUT2D eigenvalue weighted by Gasteiger charge is -2.15. The molecule has 0 spiro atoms. The van der Waals surface area contributed by atoms with E-state index in [0.29, 0.717) is 45.0 Å². The van der Waals surface area contributed by atoms with Crippen LogP contribution < -0.4 is 25.5 Å². The number of amides is 3. The van der Waals surface area contributed by atoms with Crippen molar-refractivity contribution in [2.45, 2.75) is 27.2 Å². The van der Waals surface area contributed by atoms with Crippen LogP contribution in [-0.2, 0) is 20.8 Å². The summed E-state index contributed by atoms with van der Waals surface area (Å²) in [6, 6.07) is 16.2. The minimum Gasteiger partial charge on any atom is -0.490 e. The van der Waals surface area contributed by atoms with Crippen molar-refractivity contribution in [2.75, 3.05) is 23.8 Å². The molecule has 0 aliphatic rings. The molecule has 0 aliphatic carbocycles. The van der Waals surface area contributed by atoms with Gasteiger partial charge in [0.2, 0.25) is 0 Å². The van der Waals surface area contributed by atoms with Crippen molar-refractivity contribution in [3.8, 4) is 11.5 Å². The van der Waals surface area contributed by atoms with E-state index in [4.69, 9.17) is 9.47 Å². The number of ether oxygens (including phenoxy) is 2. The Morgan fingerprint density at radius 1 is 1.00 bits per heavy atom. The first-order valence-corrected chi connectivity index (χ1v) is 14.0. The molecule has 39 heavy (non-hydrogen) atoms. The quantitative estimate of drug-likeness (QED) is 0.113. The van der Waals surface area contributed by atoms with Crippen LogP contribution in [-0.4, -0.2) is 37.1 Å². The number of carbonyl (C=O) groups excluding carboxylic acids is 3. The van der Waals surface area contributed by atoms with Gasteiger partial charge >= 0.3 is 11.8 Å². The van der Waals surface area contributed by atoms with Gasteiger partial charge in [0.1, 0.15) is 0 Å². The van der Waals surface area contributed by atoms with Crippen LogP contribution in [0.1, 0.15) is 30.5 Å². The summed E-state index contributed by atoms with van der Waals surface area (Å²) in [6.45, 7) is 5.88. The van der Waals surface area contributed by atoms with Crippen molar-refractivity contribution in [1.82, 2.24) is 5.43 Å². The minimum atomic E-state index is -0.899. The van der Waals surface area contributed by atoms with Crippen molar-refractivity contribution in [3.05, 3.63) is 79.3 Å². The van der Waals surface area contributed by atoms with Crippen molar-refractivity contribution < 1.29 is 23.9 Å². The fourth-order valence-corrected chi connectivity index (χ4v) is 4.50. The molecule has 204 valence electrons. The Balaban J connectivity index is 1.62. The molecule has 0 aliphatic heterocycles. The highest BCUT2D eigenvalue weighted by molar-refractivity contribution is 14.1. The van der Waals surface area contributed by atoms with Gasteiger partial charge in [0.05, 0.1) is 16.4 Å². The standard InChI is InChI=1S/C28H28BrIN4O5/c1-4-19-8-6-7-9-23(19)33-27(36)28(37)34-31-15-18-13-22(30)26(24(14-18)38-5-2)39-16-25(35)32-20-10-11-21(29)17(3)12-20/h6-15H,4-5,16H2,1-3H3,(H,32,35)(H,33,36)(H,34,37)/b31-15-. The third-order valence-electron chi connectivity index (χ3n) is 5.35. The van der Waals surface area contributed by atoms with Crippen LogP contribution in [0.15, 0.2) is 64.2 Å². The Morgan fingerprint density at radius 2 is 1.77 bits per heavy atom. The number of para-hydroxylation sites is 1. The third-order valence-corrected chi connectivity index (χ3v) is 7.04. The average molecular weight is 707 g/mol. The molecule has 3 aromatic carbocycles. The summed E-state index contributed by atoms with van der Waals surface area (Å²) in [5.74, 6) is -1.21. The number of hydrazone groups is 1. The van der Waals surface area contributed by atoms with Crippen molar-refractivity contribution in [3.63, 3.8) is 0 Å². The van der Waals surface area contributed by atoms with Crippen LogP contribution in [0.25, 0.3) is 0 Å². The van der Waals surface area contributed by atoms with Gasteiger partial charge in [0.15, 0.2) is 18.1 Å². The summed E-state index contributed by atoms with van der Waals surface area (Å²) in [7, 11) is 0. The zero-order valence-corrected chi connectivity index (χ0v) is 25.4. The van der Waals surface area contributed by atoms with Crippen molar-refractivity contribution in [2.24, 2.45) is 5.10 Å². The van der Waals surface area contributed by atoms with E-state index in [9.17, 15) is 14.4 Å². The Bertz CT molecular complexity index is 1400. The molecule has 3 N–H and O–H groups in total. The van der Waals surface area contributed by atoms with Crippen LogP contribution in [0.2, 0.25) is 0 Å². The highest BCUT2D eigenvalue weighted by atomic mass is 127. The van der Waals surface area contributed by atoms with Crippen molar-refractivity contribution >= 4 is 73.8 Å². The Kier molecular flexibility index (Phi) is 11.3. The first kappa shape index (κ1) is 30.1. The van der Waals surface area contributed by atoms with E-state index in [2.05, 4.69) is 59.7 Å². The van der Waals surface area contributed by atoms with Gasteiger partial charge in [-0.05, 0) is 95.9 Å². The van der Waals surface area contributed by atoms with Gasteiger partial charge in [-0.25, -0.2) is 5.43 Å². The summed E-state index contributed by atoms with van der Waals surface area (Å²) in [6.07, 6.45) is 2.11. The molecule has 0 fully saturated rings. The van der Waals surface area contributed by atoms with Gasteiger partial charge < -0.3 is 20.1 Å². The first-order valence-electron chi connectivity index (χ1n) is 12.1. The molecular weight excluding hydrogens is 679 g/mol. The molecule has 0 atom stereocenters. The predicted molar refractivity (Wildman–Crippen MR) is 164 cm³/mol. The molecule has 0 saturated heterocycles. The molecule has 0 bridgehead atoms. The first-order chi connectivity index (χ1) is 18.7. The van der Waals surface area contributed by atoms with E-state index in [1.807, 2.05) is 45.0 Å². The lowest BCUT2D eigenvalue weighted by molar-refractivity contribution is -0.136. The molecule has 0 saturated carbocycles. The Morgan fingerprint density at radius 3 is 2.49 bits per heavy atom. The van der Waals surface area contributed by atoms with Gasteiger partial charge in [-0.3, -0.25) is 14.4 Å². The number of hydrogen-bond acceptors (Lipinski definition) is 6. The zero-order chi connectivity index (χ0) is 28.4. The molecule has 9 nitrogen and oxygen atoms in total. The highest BCUT2D eigenvalue weighted by Crippen LogP contribution is 2.34. The molecule has 3 amide bonds. The number of rotatable bonds is 10. The lowest BCUT2D eigenvalue weighted by Crippen LogP contribution is -2.32. The SMILES string of the molecule is CCOc1cc(/C=N\NC(=O)C(=O)Nc2ccccc2CC)cc(I)c1OCC(=O)Nc1ccc(Br)c(C)c1. The Labute approximate surface area is 249 Å². The number of hydrogen-bond donors (Lipinski definition) is 3. The molecule has 3 rings (SSSR count). The largest absolute Gasteiger partial charge is 0.490 e. The van der Waals surface area contributed by atoms with E-state index in [-0.39, 0.29) is 12.5 Å². The fourth-order valence-electron chi connectivity index (χ4n) is 3.47. The highest BCUT2D eigenvalue weighted by Gasteiger charge is 2.16. The second-order valence-corrected chi connectivity index (χ2v) is 10.2. The average Bonchev–Trinajstić information content (AvgIpc) is 2.90. The summed E-state index contributed by atoms with van der Waals surface area (Å²) in [5, 5.41) is 9.31. The maximum atomic E-state index is 12.5. The second-order valence-electron chi connectivity index (χ2n) is 8.23. The van der Waals surface area contributed by atoms with Gasteiger partial charge in [-0.2, -0.15) is 5.10 Å². The number of aryl methyl sites for hydroxylation is 2. The summed E-state index contributed by atoms with van der Waals surface area (Å²) >= 11 is 5.51. The monoisotopic (exact) mass is 706 g/mol. The number of carbonyl (C=O) groups is 3. The van der Waals surface area contributed by atoms with Gasteiger partial charge in [0, 0.05) is 15.8 Å². The van der Waals surface area contributed by atoms with Crippen LogP contribution in [0.3, 0.4) is 0 Å². The van der Waals surface area contributed by atoms with Gasteiger partial charge in [-0.1, -0.05) is 41.1 Å². The molecule has 11 heteroatoms. The normalized spacial score (nSPS) is 10.7.